The summed E-state index contributed by atoms with van der Waals surface area (Å²) >= 11 is 15.4. The molecule has 1 atom stereocenters. The van der Waals surface area contributed by atoms with Gasteiger partial charge in [0.05, 0.1) is 12.9 Å². The Bertz CT molecular complexity index is 591. The average molecular weight is 407 g/mol. The number of halogens is 3. The molecule has 18 heavy (non-hydrogen) atoms. The highest BCUT2D eigenvalue weighted by Crippen LogP contribution is 2.41. The second kappa shape index (κ2) is 5.28. The Morgan fingerprint density at radius 2 is 1.89 bits per heavy atom. The zero-order chi connectivity index (χ0) is 12.7. The number of hydrogen-bond donors (Lipinski definition) is 0. The van der Waals surface area contributed by atoms with Gasteiger partial charge in [0.1, 0.15) is 0 Å². The van der Waals surface area contributed by atoms with Gasteiger partial charge in [-0.3, -0.25) is 0 Å². The lowest BCUT2D eigenvalue weighted by Gasteiger charge is -2.11. The van der Waals surface area contributed by atoms with Crippen LogP contribution in [-0.4, -0.2) is 0 Å². The van der Waals surface area contributed by atoms with E-state index in [9.17, 15) is 0 Å². The van der Waals surface area contributed by atoms with E-state index in [1.807, 2.05) is 0 Å². The molecule has 1 aliphatic rings. The van der Waals surface area contributed by atoms with Crippen LogP contribution in [0.5, 0.6) is 0 Å². The van der Waals surface area contributed by atoms with E-state index >= 15 is 0 Å². The van der Waals surface area contributed by atoms with Gasteiger partial charge in [0.2, 0.25) is 0 Å². The summed E-state index contributed by atoms with van der Waals surface area (Å²) in [5.74, 6) is 0. The van der Waals surface area contributed by atoms with Gasteiger partial charge >= 0.3 is 0 Å². The molecule has 2 aromatic rings. The van der Waals surface area contributed by atoms with Crippen molar-refractivity contribution in [2.75, 3.05) is 0 Å². The maximum Gasteiger partial charge on any atom is 0.0855 e. The lowest BCUT2D eigenvalue weighted by atomic mass is 10.0. The Morgan fingerprint density at radius 1 is 1.11 bits per heavy atom. The third-order valence-electron chi connectivity index (χ3n) is 3.37. The normalized spacial score (nSPS) is 15.7. The minimum atomic E-state index is -0.0761. The molecule has 3 rings (SSSR count). The van der Waals surface area contributed by atoms with Gasteiger partial charge in [0.25, 0.3) is 0 Å². The SMILES string of the molecule is ClC(c1ccc2c(c1)CCC2)c1cc(Br)sc1Br. The van der Waals surface area contributed by atoms with Crippen LogP contribution in [0.3, 0.4) is 0 Å². The van der Waals surface area contributed by atoms with Gasteiger partial charge in [-0.1, -0.05) is 18.2 Å². The largest absolute Gasteiger partial charge is 0.121 e. The summed E-state index contributed by atoms with van der Waals surface area (Å²) in [7, 11) is 0. The van der Waals surface area contributed by atoms with Crippen LogP contribution in [0.15, 0.2) is 31.8 Å². The Kier molecular flexibility index (Phi) is 3.86. The molecule has 0 radical (unpaired) electrons. The molecule has 1 aromatic carbocycles. The molecule has 0 fully saturated rings. The molecule has 94 valence electrons. The Balaban J connectivity index is 1.97. The lowest BCUT2D eigenvalue weighted by molar-refractivity contribution is 0.911. The van der Waals surface area contributed by atoms with E-state index in [4.69, 9.17) is 11.6 Å². The van der Waals surface area contributed by atoms with E-state index in [1.54, 1.807) is 11.3 Å². The number of aryl methyl sites for hydroxylation is 2. The van der Waals surface area contributed by atoms with Crippen molar-refractivity contribution in [2.45, 2.75) is 24.6 Å². The minimum Gasteiger partial charge on any atom is -0.121 e. The van der Waals surface area contributed by atoms with Crippen LogP contribution < -0.4 is 0 Å². The predicted molar refractivity (Wildman–Crippen MR) is 85.9 cm³/mol. The number of hydrogen-bond acceptors (Lipinski definition) is 1. The van der Waals surface area contributed by atoms with Crippen LogP contribution in [0.2, 0.25) is 0 Å². The van der Waals surface area contributed by atoms with Crippen molar-refractivity contribution in [3.8, 4) is 0 Å². The van der Waals surface area contributed by atoms with Gasteiger partial charge in [0.15, 0.2) is 0 Å². The van der Waals surface area contributed by atoms with Crippen molar-refractivity contribution in [1.82, 2.24) is 0 Å². The van der Waals surface area contributed by atoms with Gasteiger partial charge in [0, 0.05) is 5.56 Å². The summed E-state index contributed by atoms with van der Waals surface area (Å²) in [6.45, 7) is 0. The molecule has 1 aliphatic carbocycles. The summed E-state index contributed by atoms with van der Waals surface area (Å²) in [5.41, 5.74) is 5.31. The second-order valence-corrected chi connectivity index (χ2v) is 8.71. The Labute approximate surface area is 133 Å². The van der Waals surface area contributed by atoms with Crippen molar-refractivity contribution in [2.24, 2.45) is 0 Å². The van der Waals surface area contributed by atoms with Gasteiger partial charge in [-0.25, -0.2) is 0 Å². The summed E-state index contributed by atoms with van der Waals surface area (Å²) in [6.07, 6.45) is 3.69. The molecule has 4 heteroatoms. The highest BCUT2D eigenvalue weighted by atomic mass is 79.9. The van der Waals surface area contributed by atoms with Crippen molar-refractivity contribution in [3.05, 3.63) is 54.1 Å². The summed E-state index contributed by atoms with van der Waals surface area (Å²) in [4.78, 5) is 0. The maximum absolute atomic E-state index is 6.61. The molecule has 1 aromatic heterocycles. The molecule has 0 spiro atoms. The molecule has 1 heterocycles. The molecule has 0 bridgehead atoms. The van der Waals surface area contributed by atoms with Crippen LogP contribution in [0.25, 0.3) is 0 Å². The monoisotopic (exact) mass is 404 g/mol. The van der Waals surface area contributed by atoms with Crippen LogP contribution in [0.4, 0.5) is 0 Å². The van der Waals surface area contributed by atoms with Crippen LogP contribution in [-0.2, 0) is 12.8 Å². The third kappa shape index (κ3) is 2.43. The zero-order valence-corrected chi connectivity index (χ0v) is 14.3. The van der Waals surface area contributed by atoms with Gasteiger partial charge < -0.3 is 0 Å². The molecular formula is C14H11Br2ClS. The number of rotatable bonds is 2. The topological polar surface area (TPSA) is 0 Å². The minimum absolute atomic E-state index is 0.0761. The first-order valence-corrected chi connectivity index (χ1v) is 8.69. The first-order valence-electron chi connectivity index (χ1n) is 5.85. The Morgan fingerprint density at radius 3 is 2.61 bits per heavy atom. The molecule has 0 nitrogen and oxygen atoms in total. The quantitative estimate of drug-likeness (QED) is 0.530. The van der Waals surface area contributed by atoms with Gasteiger partial charge in [-0.2, -0.15) is 0 Å². The fraction of sp³-hybridized carbons (Fsp3) is 0.286. The highest BCUT2D eigenvalue weighted by Gasteiger charge is 2.19. The first-order chi connectivity index (χ1) is 8.65. The fourth-order valence-corrected chi connectivity index (χ4v) is 5.86. The Hall–Kier alpha value is 0.170. The van der Waals surface area contributed by atoms with Crippen molar-refractivity contribution >= 4 is 54.8 Å². The molecule has 0 saturated carbocycles. The predicted octanol–water partition coefficient (Wildman–Crippen LogP) is 6.09. The molecular weight excluding hydrogens is 395 g/mol. The van der Waals surface area contributed by atoms with Crippen molar-refractivity contribution in [3.63, 3.8) is 0 Å². The molecule has 0 saturated heterocycles. The number of alkyl halides is 1. The van der Waals surface area contributed by atoms with Crippen molar-refractivity contribution in [1.29, 1.82) is 0 Å². The van der Waals surface area contributed by atoms with Crippen LogP contribution in [0.1, 0.15) is 34.1 Å². The van der Waals surface area contributed by atoms with E-state index in [-0.39, 0.29) is 5.38 Å². The molecule has 1 unspecified atom stereocenters. The second-order valence-electron chi connectivity index (χ2n) is 4.52. The summed E-state index contributed by atoms with van der Waals surface area (Å²) in [5, 5.41) is -0.0761. The van der Waals surface area contributed by atoms with E-state index in [2.05, 4.69) is 56.1 Å². The van der Waals surface area contributed by atoms with Gasteiger partial charge in [-0.15, -0.1) is 22.9 Å². The standard InChI is InChI=1S/C14H11Br2ClS/c15-12-7-11(14(16)18-12)13(17)10-5-4-8-2-1-3-9(8)6-10/h4-7,13H,1-3H2. The molecule has 0 amide bonds. The van der Waals surface area contributed by atoms with E-state index in [0.29, 0.717) is 0 Å². The number of fused-ring (bicyclic) bond motifs is 1. The van der Waals surface area contributed by atoms with E-state index < -0.39 is 0 Å². The van der Waals surface area contributed by atoms with Crippen LogP contribution >= 0.6 is 54.8 Å². The third-order valence-corrected chi connectivity index (χ3v) is 6.24. The molecule has 0 aliphatic heterocycles. The first kappa shape index (κ1) is 13.2. The summed E-state index contributed by atoms with van der Waals surface area (Å²) in [6, 6.07) is 8.78. The lowest BCUT2D eigenvalue weighted by Crippen LogP contribution is -1.94. The van der Waals surface area contributed by atoms with Crippen molar-refractivity contribution < 1.29 is 0 Å². The average Bonchev–Trinajstić information content (AvgIpc) is 2.93. The number of thiophene rings is 1. The van der Waals surface area contributed by atoms with Gasteiger partial charge in [-0.05, 0) is 73.9 Å². The van der Waals surface area contributed by atoms with E-state index in [1.165, 1.54) is 36.0 Å². The fourth-order valence-electron chi connectivity index (χ4n) is 2.45. The summed E-state index contributed by atoms with van der Waals surface area (Å²) < 4.78 is 2.21. The van der Waals surface area contributed by atoms with Crippen LogP contribution in [0, 0.1) is 0 Å². The highest BCUT2D eigenvalue weighted by molar-refractivity contribution is 9.12. The number of benzene rings is 1. The molecule has 0 N–H and O–H groups in total. The zero-order valence-electron chi connectivity index (χ0n) is 9.55. The smallest absolute Gasteiger partial charge is 0.0855 e. The van der Waals surface area contributed by atoms with E-state index in [0.717, 1.165) is 13.1 Å². The maximum atomic E-state index is 6.61.